The molecular weight excluding hydrogens is 298 g/mol. The highest BCUT2D eigenvalue weighted by Crippen LogP contribution is 2.13. The molecular formula is C13H20BrNOS. The number of hydrogen-bond acceptors (Lipinski definition) is 2. The van der Waals surface area contributed by atoms with Crippen molar-refractivity contribution < 1.29 is 4.79 Å². The van der Waals surface area contributed by atoms with E-state index >= 15 is 0 Å². The summed E-state index contributed by atoms with van der Waals surface area (Å²) in [6.45, 7) is 5.09. The number of rotatable bonds is 7. The highest BCUT2D eigenvalue weighted by Gasteiger charge is 2.20. The van der Waals surface area contributed by atoms with Gasteiger partial charge >= 0.3 is 0 Å². The van der Waals surface area contributed by atoms with Crippen LogP contribution in [0.25, 0.3) is 0 Å². The summed E-state index contributed by atoms with van der Waals surface area (Å²) in [5.41, 5.74) is 1.13. The summed E-state index contributed by atoms with van der Waals surface area (Å²) in [5, 5.41) is 4.92. The van der Waals surface area contributed by atoms with E-state index in [2.05, 4.69) is 35.2 Å². The summed E-state index contributed by atoms with van der Waals surface area (Å²) in [5.74, 6) is 0.247. The average Bonchev–Trinajstić information content (AvgIpc) is 2.82. The zero-order valence-corrected chi connectivity index (χ0v) is 12.9. The van der Waals surface area contributed by atoms with E-state index in [0.29, 0.717) is 12.5 Å². The minimum Gasteiger partial charge on any atom is -0.339 e. The number of thiophene rings is 1. The van der Waals surface area contributed by atoms with E-state index in [-0.39, 0.29) is 5.91 Å². The first-order valence-corrected chi connectivity index (χ1v) is 8.15. The van der Waals surface area contributed by atoms with Crippen molar-refractivity contribution in [3.8, 4) is 0 Å². The van der Waals surface area contributed by atoms with Crippen LogP contribution >= 0.6 is 27.3 Å². The number of halogens is 1. The maximum atomic E-state index is 12.3. The molecule has 0 aliphatic carbocycles. The van der Waals surface area contributed by atoms with Crippen molar-refractivity contribution in [2.75, 3.05) is 11.9 Å². The number of hydrogen-bond donors (Lipinski definition) is 0. The second-order valence-corrected chi connectivity index (χ2v) is 5.63. The van der Waals surface area contributed by atoms with Gasteiger partial charge in [-0.25, -0.2) is 0 Å². The molecule has 17 heavy (non-hydrogen) atoms. The molecule has 4 heteroatoms. The van der Waals surface area contributed by atoms with Gasteiger partial charge in [0.15, 0.2) is 0 Å². The molecule has 0 spiro atoms. The Balaban J connectivity index is 2.65. The fourth-order valence-electron chi connectivity index (χ4n) is 2.00. The Morgan fingerprint density at radius 3 is 2.65 bits per heavy atom. The van der Waals surface area contributed by atoms with Crippen LogP contribution in [0.1, 0.15) is 32.3 Å². The number of carbonyl (C=O) groups excluding carboxylic acids is 1. The molecule has 2 nitrogen and oxygen atoms in total. The molecule has 0 unspecified atom stereocenters. The van der Waals surface area contributed by atoms with E-state index in [1.54, 1.807) is 11.3 Å². The standard InChI is InChI=1S/C13H20BrNOS/c1-3-12(4-2)15(7-6-14)13(16)9-11-5-8-17-10-11/h5,8,10,12H,3-4,6-7,9H2,1-2H3. The average molecular weight is 318 g/mol. The molecule has 0 saturated heterocycles. The third-order valence-electron chi connectivity index (χ3n) is 2.96. The summed E-state index contributed by atoms with van der Waals surface area (Å²) < 4.78 is 0. The molecule has 0 bridgehead atoms. The van der Waals surface area contributed by atoms with Crippen molar-refractivity contribution >= 4 is 33.2 Å². The topological polar surface area (TPSA) is 20.3 Å². The number of alkyl halides is 1. The summed E-state index contributed by atoms with van der Waals surface area (Å²) in [4.78, 5) is 14.3. The molecule has 0 aromatic carbocycles. The Hall–Kier alpha value is -0.350. The highest BCUT2D eigenvalue weighted by molar-refractivity contribution is 9.09. The molecule has 1 rings (SSSR count). The van der Waals surface area contributed by atoms with E-state index < -0.39 is 0 Å². The monoisotopic (exact) mass is 317 g/mol. The number of amides is 1. The zero-order chi connectivity index (χ0) is 12.7. The molecule has 1 heterocycles. The molecule has 96 valence electrons. The third-order valence-corrected chi connectivity index (χ3v) is 4.05. The number of nitrogens with zero attached hydrogens (tertiary/aromatic N) is 1. The first-order valence-electron chi connectivity index (χ1n) is 6.09. The van der Waals surface area contributed by atoms with Crippen LogP contribution in [-0.4, -0.2) is 28.7 Å². The van der Waals surface area contributed by atoms with Crippen LogP contribution in [0.3, 0.4) is 0 Å². The molecule has 1 aromatic rings. The van der Waals surface area contributed by atoms with Gasteiger partial charge in [-0.2, -0.15) is 11.3 Å². The Morgan fingerprint density at radius 1 is 1.47 bits per heavy atom. The Bertz CT molecular complexity index is 322. The second kappa shape index (κ2) is 7.88. The van der Waals surface area contributed by atoms with Gasteiger partial charge in [0, 0.05) is 17.9 Å². The van der Waals surface area contributed by atoms with Crippen LogP contribution in [0.15, 0.2) is 16.8 Å². The predicted octanol–water partition coefficient (Wildman–Crippen LogP) is 3.70. The molecule has 0 aliphatic heterocycles. The SMILES string of the molecule is CCC(CC)N(CCBr)C(=O)Cc1ccsc1. The fraction of sp³-hybridized carbons (Fsp3) is 0.615. The molecule has 0 saturated carbocycles. The van der Waals surface area contributed by atoms with Gasteiger partial charge in [-0.3, -0.25) is 4.79 Å². The van der Waals surface area contributed by atoms with Crippen molar-refractivity contribution in [1.29, 1.82) is 0 Å². The maximum absolute atomic E-state index is 12.3. The second-order valence-electron chi connectivity index (χ2n) is 4.05. The van der Waals surface area contributed by atoms with E-state index in [1.165, 1.54) is 0 Å². The van der Waals surface area contributed by atoms with Crippen molar-refractivity contribution in [2.24, 2.45) is 0 Å². The Kier molecular flexibility index (Phi) is 6.82. The maximum Gasteiger partial charge on any atom is 0.227 e. The smallest absolute Gasteiger partial charge is 0.227 e. The van der Waals surface area contributed by atoms with Gasteiger partial charge < -0.3 is 4.90 Å². The first-order chi connectivity index (χ1) is 8.22. The van der Waals surface area contributed by atoms with Gasteiger partial charge in [-0.05, 0) is 35.2 Å². The third kappa shape index (κ3) is 4.43. The fourth-order valence-corrected chi connectivity index (χ4v) is 3.05. The lowest BCUT2D eigenvalue weighted by Gasteiger charge is -2.30. The van der Waals surface area contributed by atoms with Crippen LogP contribution in [0.2, 0.25) is 0 Å². The summed E-state index contributed by atoms with van der Waals surface area (Å²) >= 11 is 5.08. The van der Waals surface area contributed by atoms with Gasteiger partial charge in [-0.15, -0.1) is 0 Å². The lowest BCUT2D eigenvalue weighted by atomic mass is 10.1. The van der Waals surface area contributed by atoms with Crippen molar-refractivity contribution in [3.63, 3.8) is 0 Å². The molecule has 0 radical (unpaired) electrons. The molecule has 0 aliphatic rings. The van der Waals surface area contributed by atoms with E-state index in [0.717, 1.165) is 30.3 Å². The van der Waals surface area contributed by atoms with Crippen LogP contribution in [0, 0.1) is 0 Å². The Morgan fingerprint density at radius 2 is 2.18 bits per heavy atom. The van der Waals surface area contributed by atoms with Crippen molar-refractivity contribution in [2.45, 2.75) is 39.2 Å². The molecule has 1 aromatic heterocycles. The minimum absolute atomic E-state index is 0.247. The lowest BCUT2D eigenvalue weighted by molar-refractivity contribution is -0.132. The summed E-state index contributed by atoms with van der Waals surface area (Å²) in [6.07, 6.45) is 2.59. The van der Waals surface area contributed by atoms with E-state index in [9.17, 15) is 4.79 Å². The zero-order valence-electron chi connectivity index (χ0n) is 10.5. The van der Waals surface area contributed by atoms with Crippen LogP contribution in [0.4, 0.5) is 0 Å². The largest absolute Gasteiger partial charge is 0.339 e. The summed E-state index contributed by atoms with van der Waals surface area (Å²) in [6, 6.07) is 2.40. The van der Waals surface area contributed by atoms with Gasteiger partial charge in [0.25, 0.3) is 0 Å². The predicted molar refractivity (Wildman–Crippen MR) is 77.9 cm³/mol. The quantitative estimate of drug-likeness (QED) is 0.702. The van der Waals surface area contributed by atoms with Crippen molar-refractivity contribution in [1.82, 2.24) is 4.90 Å². The van der Waals surface area contributed by atoms with Gasteiger partial charge in [0.1, 0.15) is 0 Å². The van der Waals surface area contributed by atoms with Gasteiger partial charge in [0.2, 0.25) is 5.91 Å². The molecule has 0 N–H and O–H groups in total. The van der Waals surface area contributed by atoms with E-state index in [1.807, 2.05) is 16.3 Å². The molecule has 0 fully saturated rings. The highest BCUT2D eigenvalue weighted by atomic mass is 79.9. The first kappa shape index (κ1) is 14.7. The van der Waals surface area contributed by atoms with Gasteiger partial charge in [0.05, 0.1) is 6.42 Å². The number of carbonyl (C=O) groups is 1. The van der Waals surface area contributed by atoms with Crippen LogP contribution in [0.5, 0.6) is 0 Å². The lowest BCUT2D eigenvalue weighted by Crippen LogP contribution is -2.41. The molecule has 1 amide bonds. The van der Waals surface area contributed by atoms with Crippen LogP contribution < -0.4 is 0 Å². The Labute approximate surface area is 116 Å². The van der Waals surface area contributed by atoms with Crippen LogP contribution in [-0.2, 0) is 11.2 Å². The van der Waals surface area contributed by atoms with E-state index in [4.69, 9.17) is 0 Å². The molecule has 0 atom stereocenters. The van der Waals surface area contributed by atoms with Gasteiger partial charge in [-0.1, -0.05) is 29.8 Å². The minimum atomic E-state index is 0.247. The summed E-state index contributed by atoms with van der Waals surface area (Å²) in [7, 11) is 0. The van der Waals surface area contributed by atoms with Crippen molar-refractivity contribution in [3.05, 3.63) is 22.4 Å². The normalized spacial score (nSPS) is 10.8.